The van der Waals surface area contributed by atoms with Gasteiger partial charge in [0, 0.05) is 25.4 Å². The average molecular weight is 451 g/mol. The minimum Gasteiger partial charge on any atom is -0.481 e. The van der Waals surface area contributed by atoms with Crippen molar-refractivity contribution < 1.29 is 9.90 Å². The van der Waals surface area contributed by atoms with Crippen molar-refractivity contribution in [3.8, 4) is 0 Å². The minimum absolute atomic E-state index is 0.345. The molecule has 0 saturated heterocycles. The molecule has 32 heavy (non-hydrogen) atoms. The summed E-state index contributed by atoms with van der Waals surface area (Å²) < 4.78 is 2.19. The van der Waals surface area contributed by atoms with Crippen LogP contribution in [0.3, 0.4) is 0 Å². The van der Waals surface area contributed by atoms with Gasteiger partial charge in [0.15, 0.2) is 0 Å². The number of aliphatic carboxylic acids is 1. The van der Waals surface area contributed by atoms with E-state index in [1.165, 1.54) is 103 Å². The zero-order valence-corrected chi connectivity index (χ0v) is 21.7. The van der Waals surface area contributed by atoms with E-state index in [4.69, 9.17) is 5.11 Å². The first-order chi connectivity index (χ1) is 15.6. The summed E-state index contributed by atoms with van der Waals surface area (Å²) in [6.07, 6.45) is 29.8. The number of hydrogen-bond donors (Lipinski definition) is 1. The molecule has 0 aliphatic heterocycles. The van der Waals surface area contributed by atoms with Gasteiger partial charge in [-0.1, -0.05) is 124 Å². The highest BCUT2D eigenvalue weighted by Crippen LogP contribution is 2.15. The third kappa shape index (κ3) is 21.9. The van der Waals surface area contributed by atoms with Crippen LogP contribution in [0.15, 0.2) is 18.7 Å². The fraction of sp³-hybridized carbons (Fsp3) is 0.857. The van der Waals surface area contributed by atoms with Crippen molar-refractivity contribution in [3.63, 3.8) is 0 Å². The van der Waals surface area contributed by atoms with Crippen molar-refractivity contribution in [2.45, 2.75) is 149 Å². The molecule has 1 aromatic rings. The standard InChI is InChI=1S/C16H32O2.C12H22N2/c1-2-3-4-5-6-7-8-9-10-11-12-13-14-15-16(17)18;1-3-5-6-7-12(4-2)10-14-9-8-13-11-14/h2-15H2,1H3,(H,17,18);8-9,11-12H,3-7,10H2,1-2H3. The number of carbonyl (C=O) groups is 1. The predicted molar refractivity (Wildman–Crippen MR) is 138 cm³/mol. The van der Waals surface area contributed by atoms with Crippen molar-refractivity contribution in [1.82, 2.24) is 9.55 Å². The van der Waals surface area contributed by atoms with Gasteiger partial charge in [-0.3, -0.25) is 4.79 Å². The molecule has 1 N–H and O–H groups in total. The predicted octanol–water partition coefficient (Wildman–Crippen LogP) is 9.04. The lowest BCUT2D eigenvalue weighted by Gasteiger charge is -2.14. The molecule has 0 bridgehead atoms. The Bertz CT molecular complexity index is 488. The second kappa shape index (κ2) is 24.3. The number of carboxylic acid groups (broad SMARTS) is 1. The Morgan fingerprint density at radius 3 is 1.72 bits per heavy atom. The number of carboxylic acids is 1. The van der Waals surface area contributed by atoms with Crippen molar-refractivity contribution in [3.05, 3.63) is 18.7 Å². The van der Waals surface area contributed by atoms with E-state index in [1.807, 2.05) is 12.5 Å². The molecule has 1 unspecified atom stereocenters. The van der Waals surface area contributed by atoms with Crippen LogP contribution in [0.2, 0.25) is 0 Å². The molecule has 0 fully saturated rings. The van der Waals surface area contributed by atoms with Crippen LogP contribution >= 0.6 is 0 Å². The van der Waals surface area contributed by atoms with Gasteiger partial charge < -0.3 is 9.67 Å². The van der Waals surface area contributed by atoms with E-state index in [0.29, 0.717) is 6.42 Å². The number of unbranched alkanes of at least 4 members (excludes halogenated alkanes) is 14. The maximum atomic E-state index is 10.3. The number of nitrogens with zero attached hydrogens (tertiary/aromatic N) is 2. The smallest absolute Gasteiger partial charge is 0.303 e. The molecule has 4 nitrogen and oxygen atoms in total. The van der Waals surface area contributed by atoms with E-state index < -0.39 is 5.97 Å². The molecule has 1 heterocycles. The normalized spacial score (nSPS) is 11.7. The summed E-state index contributed by atoms with van der Waals surface area (Å²) in [4.78, 5) is 14.4. The van der Waals surface area contributed by atoms with Gasteiger partial charge in [-0.15, -0.1) is 0 Å². The molecule has 1 aromatic heterocycles. The summed E-state index contributed by atoms with van der Waals surface area (Å²) >= 11 is 0. The highest BCUT2D eigenvalue weighted by atomic mass is 16.4. The number of imidazole rings is 1. The van der Waals surface area contributed by atoms with Crippen LogP contribution in [0.4, 0.5) is 0 Å². The summed E-state index contributed by atoms with van der Waals surface area (Å²) in [6, 6.07) is 0. The van der Waals surface area contributed by atoms with Crippen LogP contribution in [0.1, 0.15) is 143 Å². The van der Waals surface area contributed by atoms with Gasteiger partial charge in [-0.2, -0.15) is 0 Å². The lowest BCUT2D eigenvalue weighted by Crippen LogP contribution is -2.08. The lowest BCUT2D eigenvalue weighted by molar-refractivity contribution is -0.137. The monoisotopic (exact) mass is 450 g/mol. The van der Waals surface area contributed by atoms with Gasteiger partial charge >= 0.3 is 5.97 Å². The minimum atomic E-state index is -0.655. The molecular formula is C28H54N2O2. The maximum Gasteiger partial charge on any atom is 0.303 e. The molecular weight excluding hydrogens is 396 g/mol. The summed E-state index contributed by atoms with van der Waals surface area (Å²) in [6.45, 7) is 7.95. The molecule has 0 radical (unpaired) electrons. The zero-order chi connectivity index (χ0) is 23.7. The van der Waals surface area contributed by atoms with E-state index in [9.17, 15) is 4.79 Å². The van der Waals surface area contributed by atoms with Crippen LogP contribution in [-0.2, 0) is 11.3 Å². The van der Waals surface area contributed by atoms with E-state index in [1.54, 1.807) is 0 Å². The first kappa shape index (κ1) is 30.7. The topological polar surface area (TPSA) is 55.1 Å². The van der Waals surface area contributed by atoms with Crippen molar-refractivity contribution >= 4 is 5.97 Å². The molecule has 1 atom stereocenters. The highest BCUT2D eigenvalue weighted by Gasteiger charge is 2.06. The Kier molecular flexibility index (Phi) is 23.3. The SMILES string of the molecule is CCCCCC(CC)Cn1ccnc1.CCCCCCCCCCCCCCCC(=O)O. The average Bonchev–Trinajstić information content (AvgIpc) is 3.30. The van der Waals surface area contributed by atoms with Crippen LogP contribution in [0.5, 0.6) is 0 Å². The summed E-state index contributed by atoms with van der Waals surface area (Å²) in [5.41, 5.74) is 0. The summed E-state index contributed by atoms with van der Waals surface area (Å²) in [7, 11) is 0. The van der Waals surface area contributed by atoms with E-state index in [-0.39, 0.29) is 0 Å². The molecule has 188 valence electrons. The Morgan fingerprint density at radius 2 is 1.28 bits per heavy atom. The van der Waals surface area contributed by atoms with Crippen molar-refractivity contribution in [2.24, 2.45) is 5.92 Å². The van der Waals surface area contributed by atoms with Gasteiger partial charge in [0.05, 0.1) is 6.33 Å². The van der Waals surface area contributed by atoms with Gasteiger partial charge in [-0.25, -0.2) is 4.98 Å². The summed E-state index contributed by atoms with van der Waals surface area (Å²) in [5.74, 6) is 0.175. The molecule has 0 spiro atoms. The van der Waals surface area contributed by atoms with Crippen LogP contribution < -0.4 is 0 Å². The van der Waals surface area contributed by atoms with E-state index in [2.05, 4.69) is 36.5 Å². The molecule has 0 saturated carbocycles. The third-order valence-corrected chi connectivity index (χ3v) is 6.32. The maximum absolute atomic E-state index is 10.3. The molecule has 4 heteroatoms. The first-order valence-electron chi connectivity index (χ1n) is 13.8. The van der Waals surface area contributed by atoms with Crippen molar-refractivity contribution in [2.75, 3.05) is 0 Å². The third-order valence-electron chi connectivity index (χ3n) is 6.32. The van der Waals surface area contributed by atoms with Gasteiger partial charge in [0.25, 0.3) is 0 Å². The molecule has 1 rings (SSSR count). The Hall–Kier alpha value is -1.32. The Balaban J connectivity index is 0.000000618. The molecule has 0 aliphatic carbocycles. The number of aromatic nitrogens is 2. The zero-order valence-electron chi connectivity index (χ0n) is 21.7. The Labute approximate surface area is 199 Å². The molecule has 0 aromatic carbocycles. The van der Waals surface area contributed by atoms with Gasteiger partial charge in [0.1, 0.15) is 0 Å². The first-order valence-corrected chi connectivity index (χ1v) is 13.8. The van der Waals surface area contributed by atoms with Crippen LogP contribution in [-0.4, -0.2) is 20.6 Å². The quantitative estimate of drug-likeness (QED) is 0.190. The van der Waals surface area contributed by atoms with Crippen LogP contribution in [0, 0.1) is 5.92 Å². The Morgan fingerprint density at radius 1 is 0.781 bits per heavy atom. The second-order valence-electron chi connectivity index (χ2n) is 9.42. The second-order valence-corrected chi connectivity index (χ2v) is 9.42. The van der Waals surface area contributed by atoms with E-state index >= 15 is 0 Å². The fourth-order valence-electron chi connectivity index (χ4n) is 4.09. The van der Waals surface area contributed by atoms with E-state index in [0.717, 1.165) is 25.3 Å². The largest absolute Gasteiger partial charge is 0.481 e. The van der Waals surface area contributed by atoms with Crippen LogP contribution in [0.25, 0.3) is 0 Å². The summed E-state index contributed by atoms with van der Waals surface area (Å²) in [5, 5.41) is 8.49. The van der Waals surface area contributed by atoms with Crippen molar-refractivity contribution in [1.29, 1.82) is 0 Å². The number of rotatable bonds is 21. The molecule has 0 amide bonds. The van der Waals surface area contributed by atoms with Gasteiger partial charge in [-0.05, 0) is 18.8 Å². The number of hydrogen-bond acceptors (Lipinski definition) is 2. The van der Waals surface area contributed by atoms with Gasteiger partial charge in [0.2, 0.25) is 0 Å². The fourth-order valence-corrected chi connectivity index (χ4v) is 4.09. The lowest BCUT2D eigenvalue weighted by atomic mass is 9.98. The molecule has 0 aliphatic rings. The highest BCUT2D eigenvalue weighted by molar-refractivity contribution is 5.66.